The zero-order valence-corrected chi connectivity index (χ0v) is 10.9. The highest BCUT2D eigenvalue weighted by atomic mass is 32.2. The lowest BCUT2D eigenvalue weighted by Crippen LogP contribution is -2.46. The number of carbonyl (C=O) groups excluding carboxylic acids is 1. The van der Waals surface area contributed by atoms with E-state index < -0.39 is 15.9 Å². The summed E-state index contributed by atoms with van der Waals surface area (Å²) >= 11 is 1.63. The molecular weight excluding hydrogens is 248 g/mol. The van der Waals surface area contributed by atoms with E-state index in [1.165, 1.54) is 0 Å². The number of rotatable bonds is 5. The molecule has 7 heteroatoms. The molecule has 0 aromatic carbocycles. The number of hydrogen-bond donors (Lipinski definition) is 2. The minimum atomic E-state index is -2.94. The van der Waals surface area contributed by atoms with Gasteiger partial charge in [-0.1, -0.05) is 0 Å². The van der Waals surface area contributed by atoms with Crippen LogP contribution >= 0.6 is 11.8 Å². The molecule has 1 rings (SSSR count). The molecular formula is C9H18N2O3S2. The van der Waals surface area contributed by atoms with Crippen LogP contribution in [0.15, 0.2) is 0 Å². The van der Waals surface area contributed by atoms with Gasteiger partial charge in [0.2, 0.25) is 5.91 Å². The summed E-state index contributed by atoms with van der Waals surface area (Å²) < 4.78 is 22.4. The van der Waals surface area contributed by atoms with Crippen LogP contribution in [0.25, 0.3) is 0 Å². The average molecular weight is 266 g/mol. The van der Waals surface area contributed by atoms with Crippen molar-refractivity contribution in [2.24, 2.45) is 5.73 Å². The van der Waals surface area contributed by atoms with Crippen LogP contribution in [0.2, 0.25) is 0 Å². The molecule has 0 saturated carbocycles. The van der Waals surface area contributed by atoms with E-state index in [2.05, 4.69) is 5.32 Å². The van der Waals surface area contributed by atoms with Crippen LogP contribution in [0.1, 0.15) is 12.8 Å². The largest absolute Gasteiger partial charge is 0.351 e. The van der Waals surface area contributed by atoms with E-state index >= 15 is 0 Å². The summed E-state index contributed by atoms with van der Waals surface area (Å²) in [5.41, 5.74) is 5.67. The lowest BCUT2D eigenvalue weighted by atomic mass is 10.2. The van der Waals surface area contributed by atoms with Gasteiger partial charge in [0.15, 0.2) is 9.84 Å². The summed E-state index contributed by atoms with van der Waals surface area (Å²) in [7, 11) is -2.94. The molecule has 0 radical (unpaired) electrons. The Balaban J connectivity index is 2.35. The fraction of sp³-hybridized carbons (Fsp3) is 0.889. The van der Waals surface area contributed by atoms with Crippen LogP contribution in [-0.2, 0) is 14.6 Å². The smallest absolute Gasteiger partial charge is 0.237 e. The first-order valence-electron chi connectivity index (χ1n) is 5.20. The van der Waals surface area contributed by atoms with Gasteiger partial charge in [-0.3, -0.25) is 4.79 Å². The number of carbonyl (C=O) groups is 1. The molecule has 1 unspecified atom stereocenters. The van der Waals surface area contributed by atoms with Crippen LogP contribution < -0.4 is 11.1 Å². The topological polar surface area (TPSA) is 89.3 Å². The molecule has 1 aliphatic heterocycles. The summed E-state index contributed by atoms with van der Waals surface area (Å²) in [4.78, 5) is 11.6. The summed E-state index contributed by atoms with van der Waals surface area (Å²) in [6, 6.07) is -0.784. The molecule has 1 saturated heterocycles. The van der Waals surface area contributed by atoms with E-state index in [1.54, 1.807) is 11.8 Å². The molecule has 0 spiro atoms. The van der Waals surface area contributed by atoms with Crippen LogP contribution in [0.5, 0.6) is 0 Å². The molecule has 0 aromatic rings. The number of thioether (sulfide) groups is 1. The molecule has 3 N–H and O–H groups in total. The second kappa shape index (κ2) is 5.88. The van der Waals surface area contributed by atoms with Gasteiger partial charge in [0.1, 0.15) is 0 Å². The maximum absolute atomic E-state index is 11.6. The highest BCUT2D eigenvalue weighted by Crippen LogP contribution is 2.11. The number of hydrogen-bond acceptors (Lipinski definition) is 5. The van der Waals surface area contributed by atoms with Gasteiger partial charge >= 0.3 is 0 Å². The van der Waals surface area contributed by atoms with Gasteiger partial charge in [0, 0.05) is 6.04 Å². The van der Waals surface area contributed by atoms with Gasteiger partial charge in [-0.05, 0) is 24.9 Å². The highest BCUT2D eigenvalue weighted by molar-refractivity contribution is 7.98. The lowest BCUT2D eigenvalue weighted by molar-refractivity contribution is -0.122. The van der Waals surface area contributed by atoms with Crippen molar-refractivity contribution >= 4 is 27.5 Å². The quantitative estimate of drug-likeness (QED) is 0.691. The molecule has 0 aromatic heterocycles. The number of sulfone groups is 1. The lowest BCUT2D eigenvalue weighted by Gasteiger charge is -2.15. The van der Waals surface area contributed by atoms with Gasteiger partial charge in [0.25, 0.3) is 0 Å². The van der Waals surface area contributed by atoms with Gasteiger partial charge in [-0.2, -0.15) is 11.8 Å². The number of nitrogens with two attached hydrogens (primary N) is 1. The van der Waals surface area contributed by atoms with Crippen molar-refractivity contribution in [1.29, 1.82) is 0 Å². The third kappa shape index (κ3) is 4.31. The zero-order valence-electron chi connectivity index (χ0n) is 9.31. The Bertz CT molecular complexity index is 343. The second-order valence-corrected chi connectivity index (χ2v) is 7.21. The Labute approximate surface area is 100 Å². The monoisotopic (exact) mass is 266 g/mol. The maximum atomic E-state index is 11.6. The fourth-order valence-electron chi connectivity index (χ4n) is 1.59. The summed E-state index contributed by atoms with van der Waals surface area (Å²) in [6.45, 7) is 0. The first-order chi connectivity index (χ1) is 7.44. The van der Waals surface area contributed by atoms with Gasteiger partial charge < -0.3 is 11.1 Å². The molecule has 1 amide bonds. The third-order valence-electron chi connectivity index (χ3n) is 2.55. The highest BCUT2D eigenvalue weighted by Gasteiger charge is 2.29. The van der Waals surface area contributed by atoms with Crippen molar-refractivity contribution in [2.45, 2.75) is 24.9 Å². The molecule has 16 heavy (non-hydrogen) atoms. The van der Waals surface area contributed by atoms with E-state index in [4.69, 9.17) is 5.73 Å². The standard InChI is InChI=1S/C9H18N2O3S2/c1-15-4-2-8(10)9(12)11-7-3-5-16(13,14)6-7/h7-8H,2-6,10H2,1H3,(H,11,12)/t7?,8-/m0/s1. The normalized spacial score (nSPS) is 25.2. The summed E-state index contributed by atoms with van der Waals surface area (Å²) in [6.07, 6.45) is 3.07. The van der Waals surface area contributed by atoms with Gasteiger partial charge in [0.05, 0.1) is 17.5 Å². The van der Waals surface area contributed by atoms with Gasteiger partial charge in [-0.25, -0.2) is 8.42 Å². The first kappa shape index (κ1) is 13.8. The SMILES string of the molecule is CSCC[C@H](N)C(=O)NC1CCS(=O)(=O)C1. The Morgan fingerprint density at radius 3 is 2.81 bits per heavy atom. The molecule has 2 atom stereocenters. The summed E-state index contributed by atoms with van der Waals surface area (Å²) in [5, 5.41) is 2.69. The van der Waals surface area contributed by atoms with Crippen molar-refractivity contribution in [3.05, 3.63) is 0 Å². The summed E-state index contributed by atoms with van der Waals surface area (Å²) in [5.74, 6) is 0.805. The molecule has 5 nitrogen and oxygen atoms in total. The Morgan fingerprint density at radius 1 is 1.62 bits per heavy atom. The number of amides is 1. The van der Waals surface area contributed by atoms with Crippen molar-refractivity contribution in [3.8, 4) is 0 Å². The van der Waals surface area contributed by atoms with Crippen molar-refractivity contribution in [3.63, 3.8) is 0 Å². The van der Waals surface area contributed by atoms with Crippen molar-refractivity contribution in [2.75, 3.05) is 23.5 Å². The molecule has 1 fully saturated rings. The maximum Gasteiger partial charge on any atom is 0.237 e. The Kier molecular flexibility index (Phi) is 5.07. The predicted octanol–water partition coefficient (Wildman–Crippen LogP) is -0.630. The van der Waals surface area contributed by atoms with Crippen LogP contribution in [0.3, 0.4) is 0 Å². The minimum absolute atomic E-state index is 0.0496. The third-order valence-corrected chi connectivity index (χ3v) is 4.96. The van der Waals surface area contributed by atoms with Crippen LogP contribution in [0.4, 0.5) is 0 Å². The second-order valence-electron chi connectivity index (χ2n) is 4.00. The molecule has 1 aliphatic rings. The van der Waals surface area contributed by atoms with E-state index in [9.17, 15) is 13.2 Å². The molecule has 0 aliphatic carbocycles. The van der Waals surface area contributed by atoms with E-state index in [0.717, 1.165) is 5.75 Å². The van der Waals surface area contributed by atoms with E-state index in [-0.39, 0.29) is 23.5 Å². The Morgan fingerprint density at radius 2 is 2.31 bits per heavy atom. The minimum Gasteiger partial charge on any atom is -0.351 e. The predicted molar refractivity (Wildman–Crippen MR) is 66.2 cm³/mol. The molecule has 94 valence electrons. The number of nitrogens with one attached hydrogen (secondary N) is 1. The Hall–Kier alpha value is -0.270. The van der Waals surface area contributed by atoms with Crippen LogP contribution in [-0.4, -0.2) is 49.9 Å². The zero-order chi connectivity index (χ0) is 12.2. The fourth-order valence-corrected chi connectivity index (χ4v) is 3.76. The molecule has 1 heterocycles. The van der Waals surface area contributed by atoms with Crippen molar-refractivity contribution < 1.29 is 13.2 Å². The van der Waals surface area contributed by atoms with Crippen molar-refractivity contribution in [1.82, 2.24) is 5.32 Å². The van der Waals surface area contributed by atoms with Gasteiger partial charge in [-0.15, -0.1) is 0 Å². The van der Waals surface area contributed by atoms with E-state index in [1.807, 2.05) is 6.26 Å². The average Bonchev–Trinajstić information content (AvgIpc) is 2.54. The molecule has 0 bridgehead atoms. The van der Waals surface area contributed by atoms with Crippen LogP contribution in [0, 0.1) is 0 Å². The first-order valence-corrected chi connectivity index (χ1v) is 8.41. The van der Waals surface area contributed by atoms with E-state index in [0.29, 0.717) is 12.8 Å².